The lowest BCUT2D eigenvalue weighted by Gasteiger charge is -2.38. The number of benzene rings is 1. The van der Waals surface area contributed by atoms with Crippen LogP contribution in [0.1, 0.15) is 67.2 Å². The number of piperidine rings is 2. The van der Waals surface area contributed by atoms with Crippen LogP contribution < -0.4 is 15.5 Å². The van der Waals surface area contributed by atoms with Crippen molar-refractivity contribution in [2.75, 3.05) is 50.7 Å². The van der Waals surface area contributed by atoms with Crippen molar-refractivity contribution in [1.82, 2.24) is 25.3 Å². The van der Waals surface area contributed by atoms with Crippen LogP contribution in [-0.4, -0.2) is 114 Å². The monoisotopic (exact) mass is 582 g/mol. The number of hydrogen-bond acceptors (Lipinski definition) is 9. The minimum atomic E-state index is -1.01. The van der Waals surface area contributed by atoms with Gasteiger partial charge in [0.05, 0.1) is 23.4 Å². The van der Waals surface area contributed by atoms with Crippen molar-refractivity contribution in [2.45, 2.75) is 64.1 Å². The van der Waals surface area contributed by atoms with E-state index < -0.39 is 41.4 Å². The molecule has 2 atom stereocenters. The lowest BCUT2D eigenvalue weighted by atomic mass is 10.0. The summed E-state index contributed by atoms with van der Waals surface area (Å²) >= 11 is 0. The molecule has 3 fully saturated rings. The number of nitrogens with one attached hydrogen (secondary N) is 2. The zero-order valence-corrected chi connectivity index (χ0v) is 24.3. The zero-order valence-electron chi connectivity index (χ0n) is 24.3. The van der Waals surface area contributed by atoms with Gasteiger partial charge in [0.1, 0.15) is 11.6 Å². The summed E-state index contributed by atoms with van der Waals surface area (Å²) in [5.41, 5.74) is 0.554. The SMILES string of the molecule is CC(C)(C)OC(=O)N[C@@H]1CCCN(C(=O)CN2CCN(c3cccc4c3C(=O)N(C3CCC(=O)NC3=O)C4=O)CC2)C1. The number of rotatable bonds is 5. The summed E-state index contributed by atoms with van der Waals surface area (Å²) in [6.45, 7) is 9.02. The highest BCUT2D eigenvalue weighted by Gasteiger charge is 2.46. The maximum absolute atomic E-state index is 13.5. The number of hydrogen-bond donors (Lipinski definition) is 2. The van der Waals surface area contributed by atoms with Gasteiger partial charge in [-0.2, -0.15) is 0 Å². The van der Waals surface area contributed by atoms with Gasteiger partial charge in [0.2, 0.25) is 17.7 Å². The van der Waals surface area contributed by atoms with Crippen LogP contribution in [0.3, 0.4) is 0 Å². The summed E-state index contributed by atoms with van der Waals surface area (Å²) < 4.78 is 5.35. The summed E-state index contributed by atoms with van der Waals surface area (Å²) in [7, 11) is 0. The molecule has 6 amide bonds. The van der Waals surface area contributed by atoms with Crippen LogP contribution >= 0.6 is 0 Å². The van der Waals surface area contributed by atoms with E-state index in [1.165, 1.54) is 0 Å². The highest BCUT2D eigenvalue weighted by Crippen LogP contribution is 2.34. The summed E-state index contributed by atoms with van der Waals surface area (Å²) in [6, 6.07) is 3.93. The molecule has 13 heteroatoms. The molecule has 42 heavy (non-hydrogen) atoms. The van der Waals surface area contributed by atoms with Crippen molar-refractivity contribution >= 4 is 41.3 Å². The van der Waals surface area contributed by atoms with Crippen LogP contribution in [0.25, 0.3) is 0 Å². The highest BCUT2D eigenvalue weighted by molar-refractivity contribution is 6.25. The van der Waals surface area contributed by atoms with E-state index in [2.05, 4.69) is 15.5 Å². The second-order valence-corrected chi connectivity index (χ2v) is 12.2. The molecule has 0 aliphatic carbocycles. The second-order valence-electron chi connectivity index (χ2n) is 12.2. The topological polar surface area (TPSA) is 149 Å². The number of piperazine rings is 1. The van der Waals surface area contributed by atoms with Gasteiger partial charge < -0.3 is 19.9 Å². The Bertz CT molecular complexity index is 1300. The first kappa shape index (κ1) is 29.5. The van der Waals surface area contributed by atoms with Gasteiger partial charge >= 0.3 is 6.09 Å². The molecule has 1 aromatic carbocycles. The lowest BCUT2D eigenvalue weighted by Crippen LogP contribution is -2.54. The Morgan fingerprint density at radius 1 is 1.00 bits per heavy atom. The number of alkyl carbamates (subject to hydrolysis) is 1. The van der Waals surface area contributed by atoms with Gasteiger partial charge in [0.25, 0.3) is 11.8 Å². The maximum Gasteiger partial charge on any atom is 0.407 e. The number of carbonyl (C=O) groups is 6. The normalized spacial score (nSPS) is 23.5. The fraction of sp³-hybridized carbons (Fsp3) is 0.586. The standard InChI is InChI=1S/C29H38N6O7/c1-29(2,3)42-28(41)30-18-6-5-11-34(16-18)23(37)17-32-12-14-33(15-13-32)20-8-4-7-19-24(20)27(40)35(26(19)39)21-9-10-22(36)31-25(21)38/h4,7-8,18,21H,5-6,9-17H2,1-3H3,(H,30,41)(H,31,36,38)/t18-,21?/m1/s1. The van der Waals surface area contributed by atoms with E-state index in [-0.39, 0.29) is 42.5 Å². The molecule has 13 nitrogen and oxygen atoms in total. The van der Waals surface area contributed by atoms with Crippen LogP contribution in [-0.2, 0) is 19.1 Å². The second kappa shape index (κ2) is 11.7. The molecule has 4 aliphatic heterocycles. The van der Waals surface area contributed by atoms with Gasteiger partial charge in [0.15, 0.2) is 0 Å². The number of anilines is 1. The van der Waals surface area contributed by atoms with E-state index in [9.17, 15) is 28.8 Å². The Hall–Kier alpha value is -4.00. The van der Waals surface area contributed by atoms with E-state index in [0.29, 0.717) is 45.0 Å². The van der Waals surface area contributed by atoms with Gasteiger partial charge in [-0.3, -0.25) is 39.1 Å². The molecule has 0 radical (unpaired) electrons. The lowest BCUT2D eigenvalue weighted by molar-refractivity contribution is -0.136. The maximum atomic E-state index is 13.5. The van der Waals surface area contributed by atoms with Crippen molar-refractivity contribution in [3.8, 4) is 0 Å². The van der Waals surface area contributed by atoms with Crippen molar-refractivity contribution < 1.29 is 33.5 Å². The first-order valence-corrected chi connectivity index (χ1v) is 14.5. The van der Waals surface area contributed by atoms with Gasteiger partial charge in [-0.05, 0) is 52.2 Å². The van der Waals surface area contributed by atoms with E-state index in [4.69, 9.17) is 4.74 Å². The van der Waals surface area contributed by atoms with Gasteiger partial charge in [0, 0.05) is 51.7 Å². The van der Waals surface area contributed by atoms with Gasteiger partial charge in [-0.25, -0.2) is 4.79 Å². The quantitative estimate of drug-likeness (QED) is 0.479. The van der Waals surface area contributed by atoms with Crippen LogP contribution in [0.15, 0.2) is 18.2 Å². The third-order valence-corrected chi connectivity index (χ3v) is 8.01. The number of nitrogens with zero attached hydrogens (tertiary/aromatic N) is 4. The minimum Gasteiger partial charge on any atom is -0.444 e. The molecule has 4 aliphatic rings. The van der Waals surface area contributed by atoms with Crippen molar-refractivity contribution in [1.29, 1.82) is 0 Å². The minimum absolute atomic E-state index is 0.000369. The number of fused-ring (bicyclic) bond motifs is 1. The van der Waals surface area contributed by atoms with Crippen molar-refractivity contribution in [2.24, 2.45) is 0 Å². The predicted molar refractivity (Wildman–Crippen MR) is 151 cm³/mol. The number of carbonyl (C=O) groups excluding carboxylic acids is 6. The Morgan fingerprint density at radius 2 is 1.74 bits per heavy atom. The molecule has 0 bridgehead atoms. The van der Waals surface area contributed by atoms with E-state index >= 15 is 0 Å². The number of amides is 6. The van der Waals surface area contributed by atoms with Crippen molar-refractivity contribution in [3.05, 3.63) is 29.3 Å². The predicted octanol–water partition coefficient (Wildman–Crippen LogP) is 0.726. The summed E-state index contributed by atoms with van der Waals surface area (Å²) in [5, 5.41) is 5.10. The number of imide groups is 2. The van der Waals surface area contributed by atoms with E-state index in [1.54, 1.807) is 23.1 Å². The third-order valence-electron chi connectivity index (χ3n) is 8.01. The number of ether oxygens (including phenoxy) is 1. The molecule has 226 valence electrons. The summed E-state index contributed by atoms with van der Waals surface area (Å²) in [5.74, 6) is -2.11. The highest BCUT2D eigenvalue weighted by atomic mass is 16.6. The van der Waals surface area contributed by atoms with Gasteiger partial charge in [-0.15, -0.1) is 0 Å². The average molecular weight is 583 g/mol. The fourth-order valence-corrected chi connectivity index (χ4v) is 5.99. The van der Waals surface area contributed by atoms with Crippen molar-refractivity contribution in [3.63, 3.8) is 0 Å². The Balaban J connectivity index is 1.17. The molecule has 5 rings (SSSR count). The Kier molecular flexibility index (Phi) is 8.22. The summed E-state index contributed by atoms with van der Waals surface area (Å²) in [4.78, 5) is 82.8. The molecule has 0 aromatic heterocycles. The van der Waals surface area contributed by atoms with Crippen LogP contribution in [0, 0.1) is 0 Å². The molecule has 0 spiro atoms. The van der Waals surface area contributed by atoms with E-state index in [1.807, 2.05) is 25.7 Å². The molecule has 1 aromatic rings. The third kappa shape index (κ3) is 6.25. The van der Waals surface area contributed by atoms with Crippen LogP contribution in [0.5, 0.6) is 0 Å². The first-order chi connectivity index (χ1) is 19.9. The zero-order chi connectivity index (χ0) is 30.2. The van der Waals surface area contributed by atoms with Crippen LogP contribution in [0.4, 0.5) is 10.5 Å². The molecule has 2 N–H and O–H groups in total. The van der Waals surface area contributed by atoms with Gasteiger partial charge in [-0.1, -0.05) is 6.07 Å². The average Bonchev–Trinajstić information content (AvgIpc) is 3.18. The molecule has 3 saturated heterocycles. The largest absolute Gasteiger partial charge is 0.444 e. The first-order valence-electron chi connectivity index (χ1n) is 14.5. The molecule has 4 heterocycles. The Morgan fingerprint density at radius 3 is 2.43 bits per heavy atom. The van der Waals surface area contributed by atoms with Crippen LogP contribution in [0.2, 0.25) is 0 Å². The number of likely N-dealkylation sites (tertiary alicyclic amines) is 1. The fourth-order valence-electron chi connectivity index (χ4n) is 5.99. The summed E-state index contributed by atoms with van der Waals surface area (Å²) in [6.07, 6.45) is 1.26. The Labute approximate surface area is 244 Å². The molecule has 1 unspecified atom stereocenters. The smallest absolute Gasteiger partial charge is 0.407 e. The molecular formula is C29H38N6O7. The molecule has 0 saturated carbocycles. The van der Waals surface area contributed by atoms with E-state index in [0.717, 1.165) is 17.7 Å². The molecular weight excluding hydrogens is 544 g/mol.